The quantitative estimate of drug-likeness (QED) is 0.624. The molecule has 2 saturated heterocycles. The normalized spacial score (nSPS) is 18.8. The highest BCUT2D eigenvalue weighted by Crippen LogP contribution is 2.27. The lowest BCUT2D eigenvalue weighted by Gasteiger charge is -2.29. The van der Waals surface area contributed by atoms with Crippen LogP contribution in [-0.2, 0) is 14.8 Å². The van der Waals surface area contributed by atoms with E-state index in [1.54, 1.807) is 28.6 Å². The molecule has 10 heteroatoms. The first kappa shape index (κ1) is 21.3. The number of carbonyl (C=O) groups is 1. The van der Waals surface area contributed by atoms with Gasteiger partial charge in [-0.3, -0.25) is 4.79 Å². The van der Waals surface area contributed by atoms with Gasteiger partial charge in [-0.25, -0.2) is 8.42 Å². The Balaban J connectivity index is 1.39. The van der Waals surface area contributed by atoms with Gasteiger partial charge < -0.3 is 9.32 Å². The topological polar surface area (TPSA) is 96.6 Å². The highest BCUT2D eigenvalue weighted by atomic mass is 32.2. The van der Waals surface area contributed by atoms with Crippen LogP contribution in [-0.4, -0.2) is 65.7 Å². The smallest absolute Gasteiger partial charge is 0.277 e. The molecule has 0 saturated carbocycles. The number of piperidine rings is 1. The molecule has 3 heterocycles. The van der Waals surface area contributed by atoms with E-state index in [4.69, 9.17) is 4.42 Å². The second-order valence-electron chi connectivity index (χ2n) is 7.86. The van der Waals surface area contributed by atoms with Crippen molar-refractivity contribution in [1.82, 2.24) is 19.4 Å². The highest BCUT2D eigenvalue weighted by molar-refractivity contribution is 7.99. The summed E-state index contributed by atoms with van der Waals surface area (Å²) in [6.45, 7) is 4.91. The minimum Gasteiger partial charge on any atom is -0.411 e. The van der Waals surface area contributed by atoms with Gasteiger partial charge in [-0.2, -0.15) is 4.31 Å². The zero-order valence-corrected chi connectivity index (χ0v) is 18.6. The van der Waals surface area contributed by atoms with E-state index in [2.05, 4.69) is 17.1 Å². The van der Waals surface area contributed by atoms with Crippen LogP contribution in [0.2, 0.25) is 0 Å². The van der Waals surface area contributed by atoms with Crippen molar-refractivity contribution < 1.29 is 17.6 Å². The molecule has 0 bridgehead atoms. The number of thioether (sulfide) groups is 1. The zero-order valence-electron chi connectivity index (χ0n) is 17.0. The first-order chi connectivity index (χ1) is 14.4. The fraction of sp³-hybridized carbons (Fsp3) is 0.550. The van der Waals surface area contributed by atoms with Gasteiger partial charge in [0.2, 0.25) is 21.8 Å². The molecule has 1 aromatic carbocycles. The maximum absolute atomic E-state index is 12.8. The van der Waals surface area contributed by atoms with Crippen LogP contribution in [0.15, 0.2) is 38.8 Å². The van der Waals surface area contributed by atoms with E-state index < -0.39 is 10.0 Å². The lowest BCUT2D eigenvalue weighted by molar-refractivity contribution is -0.127. The third kappa shape index (κ3) is 4.70. The fourth-order valence-electron chi connectivity index (χ4n) is 3.71. The van der Waals surface area contributed by atoms with Gasteiger partial charge in [0, 0.05) is 31.7 Å². The summed E-state index contributed by atoms with van der Waals surface area (Å²) in [5.41, 5.74) is 0.645. The second-order valence-corrected chi connectivity index (χ2v) is 10.7. The van der Waals surface area contributed by atoms with Gasteiger partial charge >= 0.3 is 0 Å². The van der Waals surface area contributed by atoms with Crippen LogP contribution in [0, 0.1) is 5.92 Å². The molecule has 2 aliphatic heterocycles. The SMILES string of the molecule is CC1CCN(S(=O)(=O)c2ccc(-c3nnc(SCC(=O)N4CCCC4)o3)cc2)CC1. The maximum Gasteiger partial charge on any atom is 0.277 e. The Morgan fingerprint density at radius 2 is 1.77 bits per heavy atom. The summed E-state index contributed by atoms with van der Waals surface area (Å²) in [6, 6.07) is 6.51. The van der Waals surface area contributed by atoms with Crippen molar-refractivity contribution in [3.05, 3.63) is 24.3 Å². The molecule has 162 valence electrons. The van der Waals surface area contributed by atoms with E-state index in [0.29, 0.717) is 35.7 Å². The predicted octanol–water partition coefficient (Wildman–Crippen LogP) is 2.87. The highest BCUT2D eigenvalue weighted by Gasteiger charge is 2.28. The van der Waals surface area contributed by atoms with Gasteiger partial charge in [-0.15, -0.1) is 10.2 Å². The van der Waals surface area contributed by atoms with E-state index in [-0.39, 0.29) is 16.6 Å². The van der Waals surface area contributed by atoms with Crippen molar-refractivity contribution in [3.63, 3.8) is 0 Å². The Morgan fingerprint density at radius 3 is 2.43 bits per heavy atom. The average molecular weight is 451 g/mol. The Kier molecular flexibility index (Phi) is 6.45. The summed E-state index contributed by atoms with van der Waals surface area (Å²) in [5.74, 6) is 1.22. The Bertz CT molecular complexity index is 976. The van der Waals surface area contributed by atoms with E-state index in [1.165, 1.54) is 11.8 Å². The van der Waals surface area contributed by atoms with Crippen LogP contribution in [0.4, 0.5) is 0 Å². The zero-order chi connectivity index (χ0) is 21.1. The molecule has 4 rings (SSSR count). The van der Waals surface area contributed by atoms with Gasteiger partial charge in [-0.05, 0) is 55.9 Å². The van der Waals surface area contributed by atoms with Gasteiger partial charge in [0.25, 0.3) is 5.22 Å². The molecule has 2 fully saturated rings. The van der Waals surface area contributed by atoms with Gasteiger partial charge in [0.15, 0.2) is 0 Å². The summed E-state index contributed by atoms with van der Waals surface area (Å²) in [7, 11) is -3.49. The molecule has 0 N–H and O–H groups in total. The standard InChI is InChI=1S/C20H26N4O4S2/c1-15-8-12-24(13-9-15)30(26,27)17-6-4-16(5-7-17)19-21-22-20(28-19)29-14-18(25)23-10-2-3-11-23/h4-7,15H,2-3,8-14H2,1H3. The average Bonchev–Trinajstić information content (AvgIpc) is 3.45. The minimum absolute atomic E-state index is 0.0823. The van der Waals surface area contributed by atoms with Crippen LogP contribution in [0.5, 0.6) is 0 Å². The number of sulfonamides is 1. The maximum atomic E-state index is 12.8. The number of likely N-dealkylation sites (tertiary alicyclic amines) is 1. The number of carbonyl (C=O) groups excluding carboxylic acids is 1. The predicted molar refractivity (Wildman–Crippen MR) is 113 cm³/mol. The number of amides is 1. The third-order valence-corrected chi connectivity index (χ3v) is 8.38. The van der Waals surface area contributed by atoms with E-state index >= 15 is 0 Å². The summed E-state index contributed by atoms with van der Waals surface area (Å²) in [6.07, 6.45) is 3.90. The largest absolute Gasteiger partial charge is 0.411 e. The van der Waals surface area contributed by atoms with Crippen LogP contribution < -0.4 is 0 Å². The summed E-state index contributed by atoms with van der Waals surface area (Å²) in [5, 5.41) is 8.35. The van der Waals surface area contributed by atoms with Crippen LogP contribution in [0.3, 0.4) is 0 Å². The molecule has 0 aliphatic carbocycles. The van der Waals surface area contributed by atoms with Crippen molar-refractivity contribution in [2.75, 3.05) is 31.9 Å². The second kappa shape index (κ2) is 9.07. The Labute approximate surface area is 181 Å². The third-order valence-electron chi connectivity index (χ3n) is 5.67. The molecule has 0 spiro atoms. The molecular formula is C20H26N4O4S2. The molecule has 30 heavy (non-hydrogen) atoms. The Morgan fingerprint density at radius 1 is 1.10 bits per heavy atom. The van der Waals surface area contributed by atoms with Crippen LogP contribution in [0.25, 0.3) is 11.5 Å². The summed E-state index contributed by atoms with van der Waals surface area (Å²) >= 11 is 1.22. The Hall–Kier alpha value is -1.91. The number of aromatic nitrogens is 2. The van der Waals surface area contributed by atoms with E-state index in [0.717, 1.165) is 38.8 Å². The number of benzene rings is 1. The molecule has 8 nitrogen and oxygen atoms in total. The van der Waals surface area contributed by atoms with Gasteiger partial charge in [0.1, 0.15) is 0 Å². The van der Waals surface area contributed by atoms with Crippen LogP contribution in [0.1, 0.15) is 32.6 Å². The van der Waals surface area contributed by atoms with Crippen LogP contribution >= 0.6 is 11.8 Å². The fourth-order valence-corrected chi connectivity index (χ4v) is 5.85. The summed E-state index contributed by atoms with van der Waals surface area (Å²) < 4.78 is 32.9. The molecular weight excluding hydrogens is 424 g/mol. The first-order valence-electron chi connectivity index (χ1n) is 10.3. The summed E-state index contributed by atoms with van der Waals surface area (Å²) in [4.78, 5) is 14.3. The lowest BCUT2D eigenvalue weighted by atomic mass is 10.0. The van der Waals surface area contributed by atoms with E-state index in [1.807, 2.05) is 4.90 Å². The van der Waals surface area contributed by atoms with E-state index in [9.17, 15) is 13.2 Å². The van der Waals surface area contributed by atoms with Crippen molar-refractivity contribution in [2.24, 2.45) is 5.92 Å². The number of hydrogen-bond donors (Lipinski definition) is 0. The number of nitrogens with zero attached hydrogens (tertiary/aromatic N) is 4. The van der Waals surface area contributed by atoms with Crippen molar-refractivity contribution in [3.8, 4) is 11.5 Å². The number of hydrogen-bond acceptors (Lipinski definition) is 7. The monoisotopic (exact) mass is 450 g/mol. The van der Waals surface area contributed by atoms with Crippen molar-refractivity contribution in [2.45, 2.75) is 42.7 Å². The first-order valence-corrected chi connectivity index (χ1v) is 12.7. The molecule has 2 aromatic rings. The van der Waals surface area contributed by atoms with Gasteiger partial charge in [-0.1, -0.05) is 18.7 Å². The molecule has 2 aliphatic rings. The van der Waals surface area contributed by atoms with Gasteiger partial charge in [0.05, 0.1) is 10.6 Å². The molecule has 1 amide bonds. The molecule has 0 unspecified atom stereocenters. The lowest BCUT2D eigenvalue weighted by Crippen LogP contribution is -2.37. The van der Waals surface area contributed by atoms with Crippen molar-refractivity contribution >= 4 is 27.7 Å². The molecule has 0 atom stereocenters. The number of rotatable bonds is 6. The molecule has 0 radical (unpaired) electrons. The minimum atomic E-state index is -3.49. The molecule has 1 aromatic heterocycles. The van der Waals surface area contributed by atoms with Crippen molar-refractivity contribution in [1.29, 1.82) is 0 Å².